The Kier molecular flexibility index (Phi) is 2.90. The van der Waals surface area contributed by atoms with Crippen LogP contribution in [0.2, 0.25) is 0 Å². The molecule has 1 heterocycles. The third kappa shape index (κ3) is 1.94. The van der Waals surface area contributed by atoms with E-state index in [9.17, 15) is 0 Å². The number of aryl methyl sites for hydroxylation is 2. The lowest BCUT2D eigenvalue weighted by Gasteiger charge is -2.13. The topological polar surface area (TPSA) is 29.9 Å². The van der Waals surface area contributed by atoms with E-state index >= 15 is 0 Å². The van der Waals surface area contributed by atoms with Gasteiger partial charge in [0, 0.05) is 23.3 Å². The Hall–Kier alpha value is -1.29. The van der Waals surface area contributed by atoms with Crippen molar-refractivity contribution in [2.75, 3.05) is 5.32 Å². The first-order chi connectivity index (χ1) is 8.65. The zero-order valence-electron chi connectivity index (χ0n) is 10.6. The van der Waals surface area contributed by atoms with E-state index in [0.717, 1.165) is 18.7 Å². The third-order valence-corrected chi connectivity index (χ3v) is 4.39. The Morgan fingerprint density at radius 3 is 3.00 bits per heavy atom. The highest BCUT2D eigenvalue weighted by atomic mass is 79.9. The molecule has 0 radical (unpaired) electrons. The van der Waals surface area contributed by atoms with Gasteiger partial charge >= 0.3 is 0 Å². The van der Waals surface area contributed by atoms with Gasteiger partial charge in [-0.1, -0.05) is 28.1 Å². The smallest absolute Gasteiger partial charge is 0.148 e. The fraction of sp³-hybridized carbons (Fsp3) is 0.357. The molecule has 18 heavy (non-hydrogen) atoms. The average Bonchev–Trinajstić information content (AvgIpc) is 2.86. The van der Waals surface area contributed by atoms with Crippen LogP contribution in [-0.4, -0.2) is 9.78 Å². The summed E-state index contributed by atoms with van der Waals surface area (Å²) in [6, 6.07) is 8.90. The highest BCUT2D eigenvalue weighted by molar-refractivity contribution is 9.10. The summed E-state index contributed by atoms with van der Waals surface area (Å²) in [6.07, 6.45) is 2.26. The molecule has 0 spiro atoms. The van der Waals surface area contributed by atoms with Crippen LogP contribution in [0.4, 0.5) is 5.82 Å². The number of aromatic nitrogens is 2. The van der Waals surface area contributed by atoms with Crippen LogP contribution >= 0.6 is 15.9 Å². The first kappa shape index (κ1) is 11.8. The van der Waals surface area contributed by atoms with Crippen molar-refractivity contribution in [3.63, 3.8) is 0 Å². The lowest BCUT2D eigenvalue weighted by Crippen LogP contribution is -2.07. The normalized spacial score (nSPS) is 17.8. The molecule has 0 amide bonds. The van der Waals surface area contributed by atoms with Gasteiger partial charge in [0.15, 0.2) is 0 Å². The fourth-order valence-electron chi connectivity index (χ4n) is 2.57. The zero-order chi connectivity index (χ0) is 12.7. The number of anilines is 1. The first-order valence-corrected chi connectivity index (χ1v) is 6.99. The van der Waals surface area contributed by atoms with Gasteiger partial charge in [-0.2, -0.15) is 5.10 Å². The quantitative estimate of drug-likeness (QED) is 0.919. The highest BCUT2D eigenvalue weighted by Gasteiger charge is 2.24. The largest absolute Gasteiger partial charge is 0.362 e. The van der Waals surface area contributed by atoms with Gasteiger partial charge in [0.05, 0.1) is 6.04 Å². The molecule has 94 valence electrons. The van der Waals surface area contributed by atoms with E-state index in [1.54, 1.807) is 0 Å². The van der Waals surface area contributed by atoms with Crippen molar-refractivity contribution >= 4 is 21.7 Å². The number of nitrogens with one attached hydrogen (secondary N) is 1. The van der Waals surface area contributed by atoms with E-state index in [0.29, 0.717) is 6.04 Å². The summed E-state index contributed by atoms with van der Waals surface area (Å²) in [5.41, 5.74) is 4.00. The molecule has 0 aliphatic heterocycles. The van der Waals surface area contributed by atoms with Crippen molar-refractivity contribution in [1.29, 1.82) is 0 Å². The van der Waals surface area contributed by atoms with Crippen LogP contribution in [0.15, 0.2) is 28.7 Å². The van der Waals surface area contributed by atoms with Crippen molar-refractivity contribution in [2.24, 2.45) is 7.05 Å². The molecule has 1 aliphatic carbocycles. The van der Waals surface area contributed by atoms with E-state index in [1.165, 1.54) is 21.3 Å². The van der Waals surface area contributed by atoms with Crippen LogP contribution in [0.3, 0.4) is 0 Å². The Morgan fingerprint density at radius 1 is 1.44 bits per heavy atom. The number of hydrogen-bond acceptors (Lipinski definition) is 2. The van der Waals surface area contributed by atoms with Gasteiger partial charge in [-0.05, 0) is 37.0 Å². The standard InChI is InChI=1S/C14H16BrN3/c1-9-8-14(17-18(9)2)16-13-7-6-10-11(13)4-3-5-12(10)15/h3-5,8,13H,6-7H2,1-2H3,(H,16,17). The summed E-state index contributed by atoms with van der Waals surface area (Å²) in [5.74, 6) is 0.966. The second-order valence-electron chi connectivity index (χ2n) is 4.84. The van der Waals surface area contributed by atoms with Crippen LogP contribution in [-0.2, 0) is 13.5 Å². The van der Waals surface area contributed by atoms with E-state index < -0.39 is 0 Å². The summed E-state index contributed by atoms with van der Waals surface area (Å²) in [7, 11) is 1.97. The fourth-order valence-corrected chi connectivity index (χ4v) is 3.15. The molecule has 1 aromatic heterocycles. The molecular formula is C14H16BrN3. The predicted molar refractivity (Wildman–Crippen MR) is 76.8 cm³/mol. The summed E-state index contributed by atoms with van der Waals surface area (Å²) >= 11 is 3.63. The molecule has 0 bridgehead atoms. The molecular weight excluding hydrogens is 290 g/mol. The molecule has 0 fully saturated rings. The molecule has 1 aliphatic rings. The van der Waals surface area contributed by atoms with Crippen molar-refractivity contribution in [3.05, 3.63) is 45.6 Å². The van der Waals surface area contributed by atoms with Crippen molar-refractivity contribution in [3.8, 4) is 0 Å². The van der Waals surface area contributed by atoms with Gasteiger partial charge in [-0.3, -0.25) is 4.68 Å². The number of nitrogens with zero attached hydrogens (tertiary/aromatic N) is 2. The third-order valence-electron chi connectivity index (χ3n) is 3.65. The molecule has 3 nitrogen and oxygen atoms in total. The molecule has 4 heteroatoms. The second-order valence-corrected chi connectivity index (χ2v) is 5.69. The van der Waals surface area contributed by atoms with Gasteiger partial charge in [-0.15, -0.1) is 0 Å². The average molecular weight is 306 g/mol. The van der Waals surface area contributed by atoms with Gasteiger partial charge in [0.25, 0.3) is 0 Å². The molecule has 1 aromatic carbocycles. The minimum absolute atomic E-state index is 0.381. The maximum atomic E-state index is 4.46. The Bertz CT molecular complexity index is 569. The number of halogens is 1. The van der Waals surface area contributed by atoms with E-state index in [-0.39, 0.29) is 0 Å². The minimum Gasteiger partial charge on any atom is -0.362 e. The lowest BCUT2D eigenvalue weighted by atomic mass is 10.1. The molecule has 1 N–H and O–H groups in total. The summed E-state index contributed by atoms with van der Waals surface area (Å²) in [5, 5.41) is 8.00. The van der Waals surface area contributed by atoms with Crippen LogP contribution in [0.25, 0.3) is 0 Å². The molecule has 0 saturated carbocycles. The monoisotopic (exact) mass is 305 g/mol. The molecule has 3 rings (SSSR count). The molecule has 0 saturated heterocycles. The van der Waals surface area contributed by atoms with Crippen LogP contribution in [0.5, 0.6) is 0 Å². The number of benzene rings is 1. The van der Waals surface area contributed by atoms with E-state index in [4.69, 9.17) is 0 Å². The van der Waals surface area contributed by atoms with Gasteiger partial charge in [0.2, 0.25) is 0 Å². The van der Waals surface area contributed by atoms with Crippen LogP contribution in [0.1, 0.15) is 29.3 Å². The van der Waals surface area contributed by atoms with Gasteiger partial charge < -0.3 is 5.32 Å². The molecule has 1 unspecified atom stereocenters. The molecule has 2 aromatic rings. The van der Waals surface area contributed by atoms with Crippen molar-refractivity contribution in [2.45, 2.75) is 25.8 Å². The lowest BCUT2D eigenvalue weighted by molar-refractivity contribution is 0.721. The number of fused-ring (bicyclic) bond motifs is 1. The van der Waals surface area contributed by atoms with E-state index in [2.05, 4.69) is 57.5 Å². The summed E-state index contributed by atoms with van der Waals surface area (Å²) in [4.78, 5) is 0. The Labute approximate surface area is 115 Å². The molecule has 1 atom stereocenters. The summed E-state index contributed by atoms with van der Waals surface area (Å²) in [6.45, 7) is 2.07. The number of hydrogen-bond donors (Lipinski definition) is 1. The van der Waals surface area contributed by atoms with Crippen LogP contribution < -0.4 is 5.32 Å². The zero-order valence-corrected chi connectivity index (χ0v) is 12.2. The number of rotatable bonds is 2. The van der Waals surface area contributed by atoms with E-state index in [1.807, 2.05) is 11.7 Å². The van der Waals surface area contributed by atoms with Gasteiger partial charge in [-0.25, -0.2) is 0 Å². The SMILES string of the molecule is Cc1cc(NC2CCc3c(Br)cccc32)nn1C. The Balaban J connectivity index is 1.87. The summed E-state index contributed by atoms with van der Waals surface area (Å²) < 4.78 is 3.13. The highest BCUT2D eigenvalue weighted by Crippen LogP contribution is 2.37. The maximum absolute atomic E-state index is 4.46. The predicted octanol–water partition coefficient (Wildman–Crippen LogP) is 3.59. The Morgan fingerprint density at radius 2 is 2.28 bits per heavy atom. The minimum atomic E-state index is 0.381. The van der Waals surface area contributed by atoms with Crippen LogP contribution in [0, 0.1) is 6.92 Å². The van der Waals surface area contributed by atoms with Crippen molar-refractivity contribution < 1.29 is 0 Å². The second kappa shape index (κ2) is 4.43. The maximum Gasteiger partial charge on any atom is 0.148 e. The van der Waals surface area contributed by atoms with Gasteiger partial charge in [0.1, 0.15) is 5.82 Å². The first-order valence-electron chi connectivity index (χ1n) is 6.19. The van der Waals surface area contributed by atoms with Crippen molar-refractivity contribution in [1.82, 2.24) is 9.78 Å².